The van der Waals surface area contributed by atoms with Gasteiger partial charge in [-0.25, -0.2) is 4.99 Å². The zero-order valence-electron chi connectivity index (χ0n) is 6.57. The Bertz CT molecular complexity index is 101. The third-order valence-electron chi connectivity index (χ3n) is 0.486. The van der Waals surface area contributed by atoms with Gasteiger partial charge >= 0.3 is 0 Å². The van der Waals surface area contributed by atoms with Gasteiger partial charge in [-0.05, 0) is 6.92 Å². The highest BCUT2D eigenvalue weighted by Gasteiger charge is 1.69. The van der Waals surface area contributed by atoms with Gasteiger partial charge in [-0.3, -0.25) is 0 Å². The first-order valence-electron chi connectivity index (χ1n) is 3.12. The highest BCUT2D eigenvalue weighted by molar-refractivity contribution is 5.14. The second-order valence-corrected chi connectivity index (χ2v) is 1.38. The molecule has 0 aromatic carbocycles. The van der Waals surface area contributed by atoms with Crippen LogP contribution in [0.25, 0.3) is 0 Å². The number of hydrogen-bond donors (Lipinski definition) is 1. The van der Waals surface area contributed by atoms with Crippen molar-refractivity contribution < 1.29 is 4.99 Å². The predicted octanol–water partition coefficient (Wildman–Crippen LogP) is 0.884. The highest BCUT2D eigenvalue weighted by Crippen LogP contribution is 1.82. The van der Waals surface area contributed by atoms with Gasteiger partial charge in [0.05, 0.1) is 0 Å². The monoisotopic (exact) mass is 126 g/mol. The lowest BCUT2D eigenvalue weighted by molar-refractivity contribution is -0.361. The lowest BCUT2D eigenvalue weighted by atomic mass is 10.3. The maximum atomic E-state index is 3.64. The van der Waals surface area contributed by atoms with Gasteiger partial charge in [0.1, 0.15) is 6.72 Å². The normalized spacial score (nSPS) is 7.89. The molecular formula is C8H16N+. The van der Waals surface area contributed by atoms with Gasteiger partial charge in [0.25, 0.3) is 0 Å². The highest BCUT2D eigenvalue weighted by atomic mass is 14.6. The molecule has 0 bridgehead atoms. The van der Waals surface area contributed by atoms with Crippen LogP contribution in [-0.4, -0.2) is 6.72 Å². The minimum absolute atomic E-state index is 1.02. The van der Waals surface area contributed by atoms with Crippen LogP contribution in [-0.2, 0) is 0 Å². The van der Waals surface area contributed by atoms with Crippen LogP contribution in [0.4, 0.5) is 0 Å². The van der Waals surface area contributed by atoms with Gasteiger partial charge in [0.15, 0.2) is 6.20 Å². The first-order valence-corrected chi connectivity index (χ1v) is 3.12. The summed E-state index contributed by atoms with van der Waals surface area (Å²) in [6.07, 6.45) is 3.59. The molecule has 0 aliphatic carbocycles. The van der Waals surface area contributed by atoms with Crippen molar-refractivity contribution in [1.29, 1.82) is 0 Å². The zero-order chi connectivity index (χ0) is 7.70. The molecule has 0 unspecified atom stereocenters. The van der Waals surface area contributed by atoms with Crippen molar-refractivity contribution in [3.05, 3.63) is 24.4 Å². The molecule has 0 heterocycles. The van der Waals surface area contributed by atoms with Crippen LogP contribution in [0.3, 0.4) is 0 Å². The molecule has 0 saturated heterocycles. The van der Waals surface area contributed by atoms with E-state index in [4.69, 9.17) is 0 Å². The van der Waals surface area contributed by atoms with Crippen LogP contribution in [0.1, 0.15) is 20.8 Å². The van der Waals surface area contributed by atoms with E-state index in [-0.39, 0.29) is 0 Å². The van der Waals surface area contributed by atoms with Gasteiger partial charge in [-0.15, -0.1) is 0 Å². The molecule has 0 fully saturated rings. The Morgan fingerprint density at radius 2 is 1.89 bits per heavy atom. The van der Waals surface area contributed by atoms with Crippen molar-refractivity contribution in [3.63, 3.8) is 0 Å². The lowest BCUT2D eigenvalue weighted by Gasteiger charge is -1.73. The quantitative estimate of drug-likeness (QED) is 0.417. The van der Waals surface area contributed by atoms with E-state index in [1.165, 1.54) is 0 Å². The number of nitrogens with one attached hydrogen (secondary N) is 1. The standard InChI is InChI=1S/C6H9N.C2H6/c1-6(2)4-5-7-3;1-2/h4-5H,1,3H2,2H3;1-2H3/p+1/b5-4-;. The van der Waals surface area contributed by atoms with E-state index in [0.717, 1.165) is 5.57 Å². The van der Waals surface area contributed by atoms with Crippen molar-refractivity contribution in [2.24, 2.45) is 0 Å². The Morgan fingerprint density at radius 1 is 1.44 bits per heavy atom. The van der Waals surface area contributed by atoms with Crippen molar-refractivity contribution in [2.45, 2.75) is 20.8 Å². The van der Waals surface area contributed by atoms with E-state index in [1.807, 2.05) is 26.8 Å². The lowest BCUT2D eigenvalue weighted by Crippen LogP contribution is -2.57. The molecular weight excluding hydrogens is 110 g/mol. The molecule has 0 aliphatic heterocycles. The van der Waals surface area contributed by atoms with Crippen molar-refractivity contribution in [1.82, 2.24) is 0 Å². The summed E-state index contributed by atoms with van der Waals surface area (Å²) in [6, 6.07) is 0. The van der Waals surface area contributed by atoms with E-state index < -0.39 is 0 Å². The summed E-state index contributed by atoms with van der Waals surface area (Å²) in [5.74, 6) is 0. The van der Waals surface area contributed by atoms with Crippen LogP contribution in [0.2, 0.25) is 0 Å². The Labute approximate surface area is 57.8 Å². The molecule has 0 radical (unpaired) electrons. The number of allylic oxidation sites excluding steroid dienone is 2. The molecule has 1 heteroatoms. The first-order chi connectivity index (χ1) is 4.27. The van der Waals surface area contributed by atoms with E-state index in [1.54, 1.807) is 6.20 Å². The molecule has 9 heavy (non-hydrogen) atoms. The smallest absolute Gasteiger partial charge is 0.166 e. The van der Waals surface area contributed by atoms with E-state index in [2.05, 4.69) is 18.3 Å². The van der Waals surface area contributed by atoms with E-state index in [0.29, 0.717) is 0 Å². The minimum atomic E-state index is 1.02. The topological polar surface area (TPSA) is 14.0 Å². The van der Waals surface area contributed by atoms with Gasteiger partial charge in [-0.2, -0.15) is 0 Å². The van der Waals surface area contributed by atoms with Gasteiger partial charge < -0.3 is 0 Å². The minimum Gasteiger partial charge on any atom is -0.224 e. The summed E-state index contributed by atoms with van der Waals surface area (Å²) in [5, 5.41) is 0. The Kier molecular flexibility index (Phi) is 12.5. The van der Waals surface area contributed by atoms with Crippen LogP contribution in [0, 0.1) is 0 Å². The van der Waals surface area contributed by atoms with Crippen molar-refractivity contribution in [3.8, 4) is 0 Å². The fraction of sp³-hybridized carbons (Fsp3) is 0.375. The fourth-order valence-corrected chi connectivity index (χ4v) is 0.201. The average molecular weight is 126 g/mol. The van der Waals surface area contributed by atoms with Crippen LogP contribution >= 0.6 is 0 Å². The molecule has 0 amide bonds. The molecule has 52 valence electrons. The second kappa shape index (κ2) is 10.2. The van der Waals surface area contributed by atoms with Crippen molar-refractivity contribution in [2.75, 3.05) is 0 Å². The molecule has 0 saturated carbocycles. The zero-order valence-corrected chi connectivity index (χ0v) is 6.57. The number of rotatable bonds is 2. The Morgan fingerprint density at radius 3 is 2.00 bits per heavy atom. The molecule has 0 rings (SSSR count). The van der Waals surface area contributed by atoms with Gasteiger partial charge in [-0.1, -0.05) is 26.0 Å². The molecule has 1 N–H and O–H groups in total. The van der Waals surface area contributed by atoms with Crippen LogP contribution in [0.15, 0.2) is 24.4 Å². The summed E-state index contributed by atoms with van der Waals surface area (Å²) in [6.45, 7) is 12.9. The van der Waals surface area contributed by atoms with Crippen LogP contribution in [0.5, 0.6) is 0 Å². The Hall–Kier alpha value is -0.850. The predicted molar refractivity (Wildman–Crippen MR) is 43.4 cm³/mol. The molecule has 0 aromatic rings. The van der Waals surface area contributed by atoms with Gasteiger partial charge in [0, 0.05) is 6.08 Å². The summed E-state index contributed by atoms with van der Waals surface area (Å²) in [5.41, 5.74) is 1.02. The molecule has 0 spiro atoms. The number of hydrogen-bond acceptors (Lipinski definition) is 0. The molecule has 0 atom stereocenters. The van der Waals surface area contributed by atoms with Crippen LogP contribution < -0.4 is 4.99 Å². The maximum absolute atomic E-state index is 3.64. The fourth-order valence-electron chi connectivity index (χ4n) is 0.201. The Balaban J connectivity index is 0. The summed E-state index contributed by atoms with van der Waals surface area (Å²) < 4.78 is 0. The van der Waals surface area contributed by atoms with E-state index in [9.17, 15) is 0 Å². The SMILES string of the molecule is C=[NH+]/C=C\C(=C)C.CC. The summed E-state index contributed by atoms with van der Waals surface area (Å²) >= 11 is 0. The third-order valence-corrected chi connectivity index (χ3v) is 0.486. The summed E-state index contributed by atoms with van der Waals surface area (Å²) in [7, 11) is 0. The third kappa shape index (κ3) is 19.1. The molecule has 0 aromatic heterocycles. The summed E-state index contributed by atoms with van der Waals surface area (Å²) in [4.78, 5) is 2.61. The average Bonchev–Trinajstić information content (AvgIpc) is 1.88. The van der Waals surface area contributed by atoms with Crippen molar-refractivity contribution >= 4 is 6.72 Å². The van der Waals surface area contributed by atoms with E-state index >= 15 is 0 Å². The maximum Gasteiger partial charge on any atom is 0.166 e. The first kappa shape index (κ1) is 11.0. The molecule has 0 aliphatic rings. The molecule has 1 nitrogen and oxygen atoms in total. The largest absolute Gasteiger partial charge is 0.224 e. The second-order valence-electron chi connectivity index (χ2n) is 1.38. The van der Waals surface area contributed by atoms with Gasteiger partial charge in [0.2, 0.25) is 0 Å².